The van der Waals surface area contributed by atoms with Crippen LogP contribution >= 0.6 is 0 Å². The molecule has 1 aromatic carbocycles. The first-order valence-corrected chi connectivity index (χ1v) is 7.15. The monoisotopic (exact) mass is 300 g/mol. The van der Waals surface area contributed by atoms with Gasteiger partial charge in [-0.25, -0.2) is 0 Å². The second-order valence-corrected chi connectivity index (χ2v) is 5.84. The Balaban J connectivity index is 1.99. The fraction of sp³-hybridized carbons (Fsp3) is 0.294. The molecule has 2 aromatic rings. The van der Waals surface area contributed by atoms with E-state index in [1.54, 1.807) is 26.0 Å². The Morgan fingerprint density at radius 1 is 1.18 bits per heavy atom. The number of aromatic nitrogens is 1. The first-order valence-electron chi connectivity index (χ1n) is 7.15. The molecule has 5 heteroatoms. The van der Waals surface area contributed by atoms with E-state index in [0.29, 0.717) is 18.5 Å². The highest BCUT2D eigenvalue weighted by atomic mass is 16.4. The average Bonchev–Trinajstić information content (AvgIpc) is 3.01. The smallest absolute Gasteiger partial charge is 0.309 e. The minimum absolute atomic E-state index is 0.199. The van der Waals surface area contributed by atoms with Crippen LogP contribution in [0.5, 0.6) is 0 Å². The molecular weight excluding hydrogens is 280 g/mol. The van der Waals surface area contributed by atoms with E-state index in [-0.39, 0.29) is 5.91 Å². The third kappa shape index (κ3) is 3.75. The number of carboxylic acids is 1. The van der Waals surface area contributed by atoms with E-state index in [1.807, 2.05) is 41.2 Å². The molecule has 0 saturated heterocycles. The minimum Gasteiger partial charge on any atom is -0.481 e. The largest absolute Gasteiger partial charge is 0.481 e. The summed E-state index contributed by atoms with van der Waals surface area (Å²) in [5.41, 5.74) is 0.614. The van der Waals surface area contributed by atoms with Gasteiger partial charge in [0, 0.05) is 30.2 Å². The zero-order valence-electron chi connectivity index (χ0n) is 12.7. The predicted molar refractivity (Wildman–Crippen MR) is 84.1 cm³/mol. The molecule has 0 spiro atoms. The fourth-order valence-electron chi connectivity index (χ4n) is 2.01. The maximum absolute atomic E-state index is 12.2. The van der Waals surface area contributed by atoms with Crippen molar-refractivity contribution in [1.82, 2.24) is 9.88 Å². The molecule has 22 heavy (non-hydrogen) atoms. The van der Waals surface area contributed by atoms with Crippen molar-refractivity contribution in [3.05, 3.63) is 54.4 Å². The summed E-state index contributed by atoms with van der Waals surface area (Å²) < 4.78 is 1.92. The van der Waals surface area contributed by atoms with Gasteiger partial charge in [-0.1, -0.05) is 6.07 Å². The zero-order valence-corrected chi connectivity index (χ0v) is 12.7. The van der Waals surface area contributed by atoms with Crippen LogP contribution in [0.2, 0.25) is 0 Å². The fourth-order valence-corrected chi connectivity index (χ4v) is 2.01. The number of nitrogens with zero attached hydrogens (tertiary/aromatic N) is 1. The van der Waals surface area contributed by atoms with Gasteiger partial charge in [0.15, 0.2) is 0 Å². The summed E-state index contributed by atoms with van der Waals surface area (Å²) in [6.45, 7) is 3.62. The van der Waals surface area contributed by atoms with E-state index in [4.69, 9.17) is 5.11 Å². The van der Waals surface area contributed by atoms with Crippen molar-refractivity contribution in [1.29, 1.82) is 0 Å². The summed E-state index contributed by atoms with van der Waals surface area (Å²) in [6, 6.07) is 11.1. The molecule has 0 bridgehead atoms. The number of aliphatic carboxylic acids is 1. The van der Waals surface area contributed by atoms with E-state index in [2.05, 4.69) is 5.32 Å². The topological polar surface area (TPSA) is 71.3 Å². The highest BCUT2D eigenvalue weighted by Gasteiger charge is 2.26. The van der Waals surface area contributed by atoms with Crippen LogP contribution in [-0.2, 0) is 4.79 Å². The standard InChI is InChI=1S/C17H20N2O3/c1-17(2,16(21)22)8-9-18-15(20)13-6-5-7-14(12-13)19-10-3-4-11-19/h3-7,10-12H,8-9H2,1-2H3,(H,18,20)(H,21,22). The maximum Gasteiger partial charge on any atom is 0.309 e. The summed E-state index contributed by atoms with van der Waals surface area (Å²) in [5, 5.41) is 11.8. The van der Waals surface area contributed by atoms with Crippen LogP contribution in [-0.4, -0.2) is 28.1 Å². The quantitative estimate of drug-likeness (QED) is 0.861. The van der Waals surface area contributed by atoms with E-state index in [9.17, 15) is 9.59 Å². The van der Waals surface area contributed by atoms with Crippen molar-refractivity contribution in [2.45, 2.75) is 20.3 Å². The van der Waals surface area contributed by atoms with Gasteiger partial charge in [-0.15, -0.1) is 0 Å². The molecule has 5 nitrogen and oxygen atoms in total. The Bertz CT molecular complexity index is 660. The van der Waals surface area contributed by atoms with Crippen LogP contribution in [0.3, 0.4) is 0 Å². The molecule has 116 valence electrons. The average molecular weight is 300 g/mol. The molecule has 0 fully saturated rings. The van der Waals surface area contributed by atoms with Gasteiger partial charge >= 0.3 is 5.97 Å². The summed E-state index contributed by atoms with van der Waals surface area (Å²) in [7, 11) is 0. The Morgan fingerprint density at radius 3 is 2.50 bits per heavy atom. The van der Waals surface area contributed by atoms with Gasteiger partial charge in [-0.05, 0) is 50.6 Å². The van der Waals surface area contributed by atoms with Crippen LogP contribution in [0.15, 0.2) is 48.8 Å². The van der Waals surface area contributed by atoms with Crippen LogP contribution in [0, 0.1) is 5.41 Å². The van der Waals surface area contributed by atoms with Crippen molar-refractivity contribution < 1.29 is 14.7 Å². The van der Waals surface area contributed by atoms with Crippen molar-refractivity contribution in [3.63, 3.8) is 0 Å². The number of benzene rings is 1. The molecule has 0 aliphatic heterocycles. The van der Waals surface area contributed by atoms with Crippen LogP contribution in [0.25, 0.3) is 5.69 Å². The molecule has 2 N–H and O–H groups in total. The van der Waals surface area contributed by atoms with Gasteiger partial charge in [0.2, 0.25) is 0 Å². The van der Waals surface area contributed by atoms with Gasteiger partial charge in [0.25, 0.3) is 5.91 Å². The molecule has 0 atom stereocenters. The first kappa shape index (κ1) is 15.8. The van der Waals surface area contributed by atoms with Crippen molar-refractivity contribution >= 4 is 11.9 Å². The SMILES string of the molecule is CC(C)(CCNC(=O)c1cccc(-n2cccc2)c1)C(=O)O. The molecule has 0 aliphatic carbocycles. The van der Waals surface area contributed by atoms with Gasteiger partial charge in [-0.2, -0.15) is 0 Å². The second-order valence-electron chi connectivity index (χ2n) is 5.84. The lowest BCUT2D eigenvalue weighted by molar-refractivity contribution is -0.147. The number of nitrogens with one attached hydrogen (secondary N) is 1. The van der Waals surface area contributed by atoms with E-state index < -0.39 is 11.4 Å². The number of rotatable bonds is 6. The predicted octanol–water partition coefficient (Wildman–Crippen LogP) is 2.71. The van der Waals surface area contributed by atoms with Gasteiger partial charge < -0.3 is 15.0 Å². The van der Waals surface area contributed by atoms with Crippen LogP contribution < -0.4 is 5.32 Å². The molecule has 1 amide bonds. The third-order valence-electron chi connectivity index (χ3n) is 3.63. The summed E-state index contributed by atoms with van der Waals surface area (Å²) in [5.74, 6) is -1.06. The van der Waals surface area contributed by atoms with Gasteiger partial charge in [0.05, 0.1) is 5.41 Å². The third-order valence-corrected chi connectivity index (χ3v) is 3.63. The number of carboxylic acid groups (broad SMARTS) is 1. The Labute approximate surface area is 129 Å². The first-order chi connectivity index (χ1) is 10.4. The Hall–Kier alpha value is -2.56. The zero-order chi connectivity index (χ0) is 16.2. The number of carbonyl (C=O) groups is 2. The lowest BCUT2D eigenvalue weighted by atomic mass is 9.90. The highest BCUT2D eigenvalue weighted by Crippen LogP contribution is 2.19. The Morgan fingerprint density at radius 2 is 1.86 bits per heavy atom. The molecule has 0 radical (unpaired) electrons. The number of carbonyl (C=O) groups excluding carboxylic acids is 1. The summed E-state index contributed by atoms with van der Waals surface area (Å²) in [6.07, 6.45) is 4.20. The van der Waals surface area contributed by atoms with Gasteiger partial charge in [-0.3, -0.25) is 9.59 Å². The maximum atomic E-state index is 12.2. The van der Waals surface area contributed by atoms with Crippen LogP contribution in [0.4, 0.5) is 0 Å². The van der Waals surface area contributed by atoms with Crippen molar-refractivity contribution in [2.24, 2.45) is 5.41 Å². The van der Waals surface area contributed by atoms with E-state index in [0.717, 1.165) is 5.69 Å². The molecule has 2 rings (SSSR count). The second kappa shape index (κ2) is 6.47. The molecule has 0 aliphatic rings. The molecule has 0 saturated carbocycles. The van der Waals surface area contributed by atoms with Crippen molar-refractivity contribution in [3.8, 4) is 5.69 Å². The highest BCUT2D eigenvalue weighted by molar-refractivity contribution is 5.94. The number of hydrogen-bond acceptors (Lipinski definition) is 2. The normalized spacial score (nSPS) is 11.2. The molecule has 0 unspecified atom stereocenters. The van der Waals surface area contributed by atoms with Gasteiger partial charge in [0.1, 0.15) is 0 Å². The van der Waals surface area contributed by atoms with E-state index in [1.165, 1.54) is 0 Å². The summed E-state index contributed by atoms with van der Waals surface area (Å²) in [4.78, 5) is 23.2. The molecular formula is C17H20N2O3. The van der Waals surface area contributed by atoms with Crippen molar-refractivity contribution in [2.75, 3.05) is 6.54 Å². The lowest BCUT2D eigenvalue weighted by Gasteiger charge is -2.19. The number of amides is 1. The Kier molecular flexibility index (Phi) is 4.65. The minimum atomic E-state index is -0.864. The molecule has 1 heterocycles. The summed E-state index contributed by atoms with van der Waals surface area (Å²) >= 11 is 0. The van der Waals surface area contributed by atoms with E-state index >= 15 is 0 Å². The lowest BCUT2D eigenvalue weighted by Crippen LogP contribution is -2.31. The van der Waals surface area contributed by atoms with Crippen LogP contribution in [0.1, 0.15) is 30.6 Å². The molecule has 1 aromatic heterocycles. The number of hydrogen-bond donors (Lipinski definition) is 2.